The highest BCUT2D eigenvalue weighted by Gasteiger charge is 2.65. The molecule has 3 aromatic carbocycles. The molecule has 1 spiro atoms. The van der Waals surface area contributed by atoms with Crippen LogP contribution in [0.25, 0.3) is 6.08 Å². The first-order valence-electron chi connectivity index (χ1n) is 10.1. The maximum absolute atomic E-state index is 13.8. The molecule has 0 N–H and O–H groups in total. The van der Waals surface area contributed by atoms with E-state index in [4.69, 9.17) is 0 Å². The van der Waals surface area contributed by atoms with Crippen molar-refractivity contribution >= 4 is 23.4 Å². The second-order valence-electron chi connectivity index (χ2n) is 8.07. The first-order chi connectivity index (χ1) is 14.5. The predicted octanol–water partition coefficient (Wildman–Crippen LogP) is 5.20. The number of hydrogen-bond acceptors (Lipinski definition) is 3. The van der Waals surface area contributed by atoms with Gasteiger partial charge in [0, 0.05) is 29.0 Å². The normalized spacial score (nSPS) is 20.9. The molecule has 0 amide bonds. The van der Waals surface area contributed by atoms with E-state index in [0.29, 0.717) is 16.7 Å². The molecule has 0 saturated heterocycles. The van der Waals surface area contributed by atoms with Crippen molar-refractivity contribution in [3.8, 4) is 0 Å². The van der Waals surface area contributed by atoms with Gasteiger partial charge in [0.05, 0.1) is 0 Å². The van der Waals surface area contributed by atoms with Gasteiger partial charge in [-0.05, 0) is 24.1 Å². The van der Waals surface area contributed by atoms with E-state index < -0.39 is 11.3 Å². The first-order valence-corrected chi connectivity index (χ1v) is 10.1. The molecule has 3 nitrogen and oxygen atoms in total. The maximum Gasteiger partial charge on any atom is 0.182 e. The highest BCUT2D eigenvalue weighted by Crippen LogP contribution is 2.58. The van der Waals surface area contributed by atoms with E-state index in [1.54, 1.807) is 30.3 Å². The number of fused-ring (bicyclic) bond motifs is 1. The minimum Gasteiger partial charge on any atom is -0.294 e. The van der Waals surface area contributed by atoms with Crippen LogP contribution >= 0.6 is 0 Å². The Bertz CT molecular complexity index is 1200. The third-order valence-electron chi connectivity index (χ3n) is 6.33. The van der Waals surface area contributed by atoms with Gasteiger partial charge in [0.25, 0.3) is 0 Å². The quantitative estimate of drug-likeness (QED) is 0.445. The highest BCUT2D eigenvalue weighted by atomic mass is 16.2. The number of allylic oxidation sites excluding steroid dienone is 1. The van der Waals surface area contributed by atoms with Crippen molar-refractivity contribution in [3.63, 3.8) is 0 Å². The summed E-state index contributed by atoms with van der Waals surface area (Å²) in [6.45, 7) is 1.97. The Balaban J connectivity index is 1.79. The van der Waals surface area contributed by atoms with Crippen LogP contribution < -0.4 is 0 Å². The molecule has 1 fully saturated rings. The third kappa shape index (κ3) is 2.48. The summed E-state index contributed by atoms with van der Waals surface area (Å²) in [5.74, 6) is -1.17. The van der Waals surface area contributed by atoms with Gasteiger partial charge in [0.15, 0.2) is 17.3 Å². The summed E-state index contributed by atoms with van der Waals surface area (Å²) in [6, 6.07) is 24.1. The van der Waals surface area contributed by atoms with Crippen LogP contribution in [-0.2, 0) is 4.79 Å². The average Bonchev–Trinajstić information content (AvgIpc) is 3.17. The minimum atomic E-state index is -1.50. The molecule has 146 valence electrons. The summed E-state index contributed by atoms with van der Waals surface area (Å²) in [4.78, 5) is 40.9. The summed E-state index contributed by atoms with van der Waals surface area (Å²) in [5, 5.41) is 0. The SMILES string of the molecule is Cc1cccc(C2CC(=O)/C(=C/c3ccccc3)C23C(=O)c2ccccc2C3=O)c1. The van der Waals surface area contributed by atoms with Gasteiger partial charge < -0.3 is 0 Å². The van der Waals surface area contributed by atoms with E-state index in [0.717, 1.165) is 16.7 Å². The summed E-state index contributed by atoms with van der Waals surface area (Å²) in [5.41, 5.74) is 2.33. The molecule has 2 aliphatic rings. The Hall–Kier alpha value is -3.59. The molecule has 5 rings (SSSR count). The largest absolute Gasteiger partial charge is 0.294 e. The standard InChI is InChI=1S/C27H20O3/c1-17-8-7-11-19(14-17)22-16-24(28)23(15-18-9-3-2-4-10-18)27(22)25(29)20-12-5-6-13-21(20)26(27)30/h2-15,22H,16H2,1H3/b23-15-. The van der Waals surface area contributed by atoms with Gasteiger partial charge in [0.2, 0.25) is 0 Å². The first kappa shape index (κ1) is 18.4. The maximum atomic E-state index is 13.8. The van der Waals surface area contributed by atoms with Gasteiger partial charge in [-0.1, -0.05) is 84.4 Å². The van der Waals surface area contributed by atoms with Gasteiger partial charge in [-0.2, -0.15) is 0 Å². The topological polar surface area (TPSA) is 51.2 Å². The Kier molecular flexibility index (Phi) is 4.14. The fraction of sp³-hybridized carbons (Fsp3) is 0.148. The van der Waals surface area contributed by atoms with Gasteiger partial charge >= 0.3 is 0 Å². The number of carbonyl (C=O) groups is 3. The van der Waals surface area contributed by atoms with Crippen molar-refractivity contribution in [2.75, 3.05) is 0 Å². The smallest absolute Gasteiger partial charge is 0.182 e. The molecule has 1 atom stereocenters. The number of aryl methyl sites for hydroxylation is 1. The van der Waals surface area contributed by atoms with Crippen LogP contribution in [0.4, 0.5) is 0 Å². The molecule has 0 heterocycles. The van der Waals surface area contributed by atoms with Crippen LogP contribution in [0.1, 0.15) is 49.7 Å². The van der Waals surface area contributed by atoms with Gasteiger partial charge in [0.1, 0.15) is 5.41 Å². The molecule has 0 bridgehead atoms. The fourth-order valence-electron chi connectivity index (χ4n) is 4.99. The van der Waals surface area contributed by atoms with Crippen molar-refractivity contribution in [1.82, 2.24) is 0 Å². The third-order valence-corrected chi connectivity index (χ3v) is 6.33. The zero-order valence-electron chi connectivity index (χ0n) is 16.6. The second kappa shape index (κ2) is 6.74. The number of rotatable bonds is 2. The Labute approximate surface area is 175 Å². The lowest BCUT2D eigenvalue weighted by Crippen LogP contribution is -2.38. The molecule has 30 heavy (non-hydrogen) atoms. The van der Waals surface area contributed by atoms with Crippen molar-refractivity contribution in [1.29, 1.82) is 0 Å². The molecule has 0 radical (unpaired) electrons. The van der Waals surface area contributed by atoms with Crippen molar-refractivity contribution < 1.29 is 14.4 Å². The van der Waals surface area contributed by atoms with E-state index in [1.165, 1.54) is 0 Å². The summed E-state index contributed by atoms with van der Waals surface area (Å²) in [7, 11) is 0. The van der Waals surface area contributed by atoms with E-state index in [-0.39, 0.29) is 23.8 Å². The van der Waals surface area contributed by atoms with E-state index in [1.807, 2.05) is 61.5 Å². The van der Waals surface area contributed by atoms with Crippen molar-refractivity contribution in [2.24, 2.45) is 5.41 Å². The van der Waals surface area contributed by atoms with Gasteiger partial charge in [-0.25, -0.2) is 0 Å². The number of carbonyl (C=O) groups excluding carboxylic acids is 3. The lowest BCUT2D eigenvalue weighted by Gasteiger charge is -2.29. The number of hydrogen-bond donors (Lipinski definition) is 0. The lowest BCUT2D eigenvalue weighted by atomic mass is 9.68. The van der Waals surface area contributed by atoms with Gasteiger partial charge in [-0.15, -0.1) is 0 Å². The molecule has 1 unspecified atom stereocenters. The van der Waals surface area contributed by atoms with Crippen LogP contribution in [-0.4, -0.2) is 17.3 Å². The molecule has 1 saturated carbocycles. The highest BCUT2D eigenvalue weighted by molar-refractivity contribution is 6.37. The monoisotopic (exact) mass is 392 g/mol. The van der Waals surface area contributed by atoms with Crippen molar-refractivity contribution in [3.05, 3.63) is 112 Å². The molecule has 2 aliphatic carbocycles. The van der Waals surface area contributed by atoms with Crippen LogP contribution in [0, 0.1) is 12.3 Å². The Morgan fingerprint density at radius 2 is 1.43 bits per heavy atom. The number of ketones is 3. The molecular formula is C27H20O3. The lowest BCUT2D eigenvalue weighted by molar-refractivity contribution is -0.114. The summed E-state index contributed by atoms with van der Waals surface area (Å²) < 4.78 is 0. The van der Waals surface area contributed by atoms with Crippen LogP contribution in [0.3, 0.4) is 0 Å². The minimum absolute atomic E-state index is 0.139. The van der Waals surface area contributed by atoms with Crippen LogP contribution in [0.15, 0.2) is 84.4 Å². The summed E-state index contributed by atoms with van der Waals surface area (Å²) >= 11 is 0. The zero-order chi connectivity index (χ0) is 20.9. The van der Waals surface area contributed by atoms with Crippen LogP contribution in [0.2, 0.25) is 0 Å². The zero-order valence-corrected chi connectivity index (χ0v) is 16.6. The molecule has 0 aromatic heterocycles. The average molecular weight is 392 g/mol. The predicted molar refractivity (Wildman–Crippen MR) is 115 cm³/mol. The van der Waals surface area contributed by atoms with Crippen LogP contribution in [0.5, 0.6) is 0 Å². The molecule has 0 aliphatic heterocycles. The Morgan fingerprint density at radius 3 is 2.07 bits per heavy atom. The number of benzene rings is 3. The number of Topliss-reactive ketones (excluding diaryl/α,β-unsaturated/α-hetero) is 3. The Morgan fingerprint density at radius 1 is 0.800 bits per heavy atom. The fourth-order valence-corrected chi connectivity index (χ4v) is 4.99. The summed E-state index contributed by atoms with van der Waals surface area (Å²) in [6.07, 6.45) is 1.88. The van der Waals surface area contributed by atoms with Gasteiger partial charge in [-0.3, -0.25) is 14.4 Å². The van der Waals surface area contributed by atoms with E-state index in [9.17, 15) is 14.4 Å². The van der Waals surface area contributed by atoms with E-state index in [2.05, 4.69) is 0 Å². The van der Waals surface area contributed by atoms with Crippen molar-refractivity contribution in [2.45, 2.75) is 19.3 Å². The second-order valence-corrected chi connectivity index (χ2v) is 8.07. The molecule has 3 heteroatoms. The van der Waals surface area contributed by atoms with E-state index >= 15 is 0 Å². The molecular weight excluding hydrogens is 372 g/mol. The molecule has 3 aromatic rings.